The van der Waals surface area contributed by atoms with Crippen LogP contribution in [0.15, 0.2) is 0 Å². The van der Waals surface area contributed by atoms with Crippen LogP contribution in [-0.2, 0) is 24.6 Å². The summed E-state index contributed by atoms with van der Waals surface area (Å²) in [7, 11) is -7.32. The van der Waals surface area contributed by atoms with E-state index in [9.17, 15) is 16.8 Å². The van der Waals surface area contributed by atoms with Crippen LogP contribution in [0.25, 0.3) is 0 Å². The Morgan fingerprint density at radius 3 is 2.27 bits per heavy atom. The molecule has 0 unspecified atom stereocenters. The Morgan fingerprint density at radius 1 is 1.20 bits per heavy atom. The Labute approximate surface area is 94.9 Å². The van der Waals surface area contributed by atoms with Gasteiger partial charge in [-0.05, 0) is 0 Å². The average molecular weight is 280 g/mol. The van der Waals surface area contributed by atoms with Crippen LogP contribution in [0.4, 0.5) is 0 Å². The second-order valence-electron chi connectivity index (χ2n) is 2.85. The highest BCUT2D eigenvalue weighted by Crippen LogP contribution is 1.91. The van der Waals surface area contributed by atoms with E-state index in [0.29, 0.717) is 12.5 Å². The normalized spacial score (nSPS) is 12.9. The van der Waals surface area contributed by atoms with E-state index in [1.54, 1.807) is 0 Å². The first-order valence-corrected chi connectivity index (χ1v) is 8.30. The standard InChI is InChI=1S/C6H14ClNO5S2/c1-14(9,10)6-15(11,12)8-3-5-13-4-2-7/h8H,2-6H2,1H3. The highest BCUT2D eigenvalue weighted by Gasteiger charge is 2.16. The van der Waals surface area contributed by atoms with Gasteiger partial charge in [0.15, 0.2) is 14.9 Å². The summed E-state index contributed by atoms with van der Waals surface area (Å²) in [6, 6.07) is 0. The van der Waals surface area contributed by atoms with E-state index in [1.165, 1.54) is 0 Å². The maximum Gasteiger partial charge on any atom is 0.226 e. The molecule has 0 aliphatic heterocycles. The van der Waals surface area contributed by atoms with E-state index in [2.05, 4.69) is 4.72 Å². The molecule has 0 fully saturated rings. The van der Waals surface area contributed by atoms with Crippen molar-refractivity contribution in [1.29, 1.82) is 0 Å². The van der Waals surface area contributed by atoms with Gasteiger partial charge in [0.25, 0.3) is 0 Å². The van der Waals surface area contributed by atoms with Gasteiger partial charge in [-0.25, -0.2) is 21.6 Å². The number of halogens is 1. The molecule has 0 aliphatic carbocycles. The van der Waals surface area contributed by atoms with Crippen LogP contribution in [0.5, 0.6) is 0 Å². The zero-order valence-corrected chi connectivity index (χ0v) is 10.7. The lowest BCUT2D eigenvalue weighted by atomic mass is 10.7. The molecule has 9 heteroatoms. The van der Waals surface area contributed by atoms with Crippen molar-refractivity contribution in [3.8, 4) is 0 Å². The molecule has 0 spiro atoms. The quantitative estimate of drug-likeness (QED) is 0.462. The van der Waals surface area contributed by atoms with Crippen molar-refractivity contribution in [3.05, 3.63) is 0 Å². The Balaban J connectivity index is 3.86. The highest BCUT2D eigenvalue weighted by molar-refractivity contribution is 8.06. The molecule has 0 saturated heterocycles. The number of hydrogen-bond donors (Lipinski definition) is 1. The molecule has 0 radical (unpaired) electrons. The molecule has 0 aromatic carbocycles. The lowest BCUT2D eigenvalue weighted by Crippen LogP contribution is -2.32. The van der Waals surface area contributed by atoms with E-state index in [4.69, 9.17) is 16.3 Å². The summed E-state index contributed by atoms with van der Waals surface area (Å²) in [6.45, 7) is 0.528. The molecule has 0 bridgehead atoms. The Kier molecular flexibility index (Phi) is 6.69. The third kappa shape index (κ3) is 10.4. The number of sulfone groups is 1. The Bertz CT molecular complexity index is 363. The lowest BCUT2D eigenvalue weighted by molar-refractivity contribution is 0.155. The Morgan fingerprint density at radius 2 is 1.80 bits per heavy atom. The van der Waals surface area contributed by atoms with Crippen LogP contribution in [0, 0.1) is 0 Å². The number of sulfonamides is 1. The highest BCUT2D eigenvalue weighted by atomic mass is 35.5. The number of alkyl halides is 1. The third-order valence-electron chi connectivity index (χ3n) is 1.16. The number of hydrogen-bond acceptors (Lipinski definition) is 5. The Hall–Kier alpha value is 0.110. The van der Waals surface area contributed by atoms with Gasteiger partial charge < -0.3 is 4.74 Å². The minimum atomic E-state index is -3.78. The smallest absolute Gasteiger partial charge is 0.226 e. The summed E-state index contributed by atoms with van der Waals surface area (Å²) < 4.78 is 50.6. The van der Waals surface area contributed by atoms with Crippen LogP contribution in [0.1, 0.15) is 0 Å². The fraction of sp³-hybridized carbons (Fsp3) is 1.00. The zero-order chi connectivity index (χ0) is 11.9. The van der Waals surface area contributed by atoms with Gasteiger partial charge in [0.05, 0.1) is 13.2 Å². The molecule has 0 aliphatic rings. The van der Waals surface area contributed by atoms with Gasteiger partial charge in [0, 0.05) is 18.7 Å². The minimum absolute atomic E-state index is 0.0365. The molecular formula is C6H14ClNO5S2. The second-order valence-corrected chi connectivity index (χ2v) is 7.54. The van der Waals surface area contributed by atoms with Crippen LogP contribution in [0.3, 0.4) is 0 Å². The predicted molar refractivity (Wildman–Crippen MR) is 58.2 cm³/mol. The molecule has 0 aromatic rings. The molecule has 1 N–H and O–H groups in total. The molecule has 92 valence electrons. The van der Waals surface area contributed by atoms with Crippen molar-refractivity contribution in [3.63, 3.8) is 0 Å². The number of ether oxygens (including phenoxy) is 1. The van der Waals surface area contributed by atoms with Gasteiger partial charge >= 0.3 is 0 Å². The van der Waals surface area contributed by atoms with Gasteiger partial charge in [0.2, 0.25) is 10.0 Å². The van der Waals surface area contributed by atoms with Crippen LogP contribution < -0.4 is 4.72 Å². The average Bonchev–Trinajstić information content (AvgIpc) is 1.99. The number of nitrogens with one attached hydrogen (secondary N) is 1. The first-order chi connectivity index (χ1) is 6.77. The van der Waals surface area contributed by atoms with Crippen molar-refractivity contribution in [1.82, 2.24) is 4.72 Å². The summed E-state index contributed by atoms with van der Waals surface area (Å²) in [5.74, 6) is 0.329. The largest absolute Gasteiger partial charge is 0.379 e. The van der Waals surface area contributed by atoms with Crippen LogP contribution >= 0.6 is 11.6 Å². The van der Waals surface area contributed by atoms with E-state index >= 15 is 0 Å². The molecular weight excluding hydrogens is 266 g/mol. The first kappa shape index (κ1) is 15.1. The zero-order valence-electron chi connectivity index (χ0n) is 8.27. The van der Waals surface area contributed by atoms with Crippen molar-refractivity contribution in [2.75, 3.05) is 37.0 Å². The molecule has 0 amide bonds. The SMILES string of the molecule is CS(=O)(=O)CS(=O)(=O)NCCOCCCl. The molecule has 0 aromatic heterocycles. The molecule has 6 nitrogen and oxygen atoms in total. The lowest BCUT2D eigenvalue weighted by Gasteiger charge is -2.05. The fourth-order valence-electron chi connectivity index (χ4n) is 0.749. The molecule has 0 atom stereocenters. The van der Waals surface area contributed by atoms with E-state index in [-0.39, 0.29) is 13.2 Å². The van der Waals surface area contributed by atoms with Crippen molar-refractivity contribution in [2.45, 2.75) is 0 Å². The first-order valence-electron chi connectivity index (χ1n) is 4.05. The van der Waals surface area contributed by atoms with Gasteiger partial charge in [-0.2, -0.15) is 0 Å². The van der Waals surface area contributed by atoms with E-state index in [1.807, 2.05) is 0 Å². The predicted octanol–water partition coefficient (Wildman–Crippen LogP) is -0.837. The summed E-state index contributed by atoms with van der Waals surface area (Å²) in [4.78, 5) is 0. The third-order valence-corrected chi connectivity index (χ3v) is 4.91. The summed E-state index contributed by atoms with van der Waals surface area (Å²) in [5, 5.41) is -0.907. The summed E-state index contributed by atoms with van der Waals surface area (Å²) in [5.41, 5.74) is 0. The van der Waals surface area contributed by atoms with Crippen molar-refractivity contribution >= 4 is 31.5 Å². The van der Waals surface area contributed by atoms with Crippen LogP contribution in [-0.4, -0.2) is 53.8 Å². The van der Waals surface area contributed by atoms with Crippen LogP contribution in [0.2, 0.25) is 0 Å². The molecule has 0 rings (SSSR count). The van der Waals surface area contributed by atoms with Gasteiger partial charge in [-0.3, -0.25) is 0 Å². The van der Waals surface area contributed by atoms with E-state index in [0.717, 1.165) is 6.26 Å². The number of rotatable bonds is 8. The van der Waals surface area contributed by atoms with Gasteiger partial charge in [-0.15, -0.1) is 11.6 Å². The van der Waals surface area contributed by atoms with Gasteiger partial charge in [0.1, 0.15) is 0 Å². The molecule has 0 heterocycles. The van der Waals surface area contributed by atoms with Gasteiger partial charge in [-0.1, -0.05) is 0 Å². The minimum Gasteiger partial charge on any atom is -0.379 e. The second kappa shape index (κ2) is 6.64. The van der Waals surface area contributed by atoms with Crippen molar-refractivity contribution < 1.29 is 21.6 Å². The molecule has 15 heavy (non-hydrogen) atoms. The maximum absolute atomic E-state index is 11.1. The molecule has 0 saturated carbocycles. The van der Waals surface area contributed by atoms with Crippen molar-refractivity contribution in [2.24, 2.45) is 0 Å². The fourth-order valence-corrected chi connectivity index (χ4v) is 3.84. The summed E-state index contributed by atoms with van der Waals surface area (Å²) in [6.07, 6.45) is 0.857. The maximum atomic E-state index is 11.1. The topological polar surface area (TPSA) is 89.5 Å². The summed E-state index contributed by atoms with van der Waals surface area (Å²) >= 11 is 5.31. The van der Waals surface area contributed by atoms with E-state index < -0.39 is 24.9 Å². The monoisotopic (exact) mass is 279 g/mol.